The van der Waals surface area contributed by atoms with Crippen LogP contribution in [0.5, 0.6) is 0 Å². The van der Waals surface area contributed by atoms with Crippen LogP contribution >= 0.6 is 0 Å². The zero-order valence-electron chi connectivity index (χ0n) is 11.4. The van der Waals surface area contributed by atoms with E-state index in [4.69, 9.17) is 5.73 Å². The second-order valence-corrected chi connectivity index (χ2v) is 4.60. The lowest BCUT2D eigenvalue weighted by atomic mass is 10.2. The van der Waals surface area contributed by atoms with E-state index in [0.29, 0.717) is 0 Å². The zero-order valence-corrected chi connectivity index (χ0v) is 11.4. The van der Waals surface area contributed by atoms with Crippen LogP contribution in [0.25, 0.3) is 0 Å². The third-order valence-corrected chi connectivity index (χ3v) is 2.90. The summed E-state index contributed by atoms with van der Waals surface area (Å²) in [6.45, 7) is 7.18. The molecular weight excluding hydrogens is 212 g/mol. The fraction of sp³-hybridized carbons (Fsp3) is 0.615. The Kier molecular flexibility index (Phi) is 5.22. The van der Waals surface area contributed by atoms with E-state index in [1.165, 1.54) is 0 Å². The van der Waals surface area contributed by atoms with Crippen LogP contribution in [0.15, 0.2) is 12.3 Å². The molecule has 4 heteroatoms. The minimum Gasteiger partial charge on any atom is -0.396 e. The molecule has 1 aromatic heterocycles. The molecule has 4 nitrogen and oxygen atoms in total. The topological polar surface area (TPSA) is 45.4 Å². The van der Waals surface area contributed by atoms with Crippen molar-refractivity contribution in [3.05, 3.63) is 17.8 Å². The molecule has 0 atom stereocenters. The number of aryl methyl sites for hydroxylation is 1. The van der Waals surface area contributed by atoms with E-state index in [0.717, 1.165) is 43.1 Å². The number of nitrogens with zero attached hydrogens (tertiary/aromatic N) is 3. The molecule has 0 aliphatic heterocycles. The summed E-state index contributed by atoms with van der Waals surface area (Å²) in [6.07, 6.45) is 2.95. The van der Waals surface area contributed by atoms with Crippen molar-refractivity contribution >= 4 is 11.5 Å². The summed E-state index contributed by atoms with van der Waals surface area (Å²) in [5.74, 6) is 0.922. The molecule has 0 aromatic carbocycles. The van der Waals surface area contributed by atoms with Gasteiger partial charge in [0.05, 0.1) is 5.69 Å². The zero-order chi connectivity index (χ0) is 12.8. The standard InChI is InChI=1S/C13H24N4/c1-5-17(10-6-9-16(3)4)13-12(14)11(2)7-8-15-13/h7-8H,5-6,9-10,14H2,1-4H3. The van der Waals surface area contributed by atoms with Gasteiger partial charge < -0.3 is 15.5 Å². The third-order valence-electron chi connectivity index (χ3n) is 2.90. The van der Waals surface area contributed by atoms with Gasteiger partial charge in [-0.05, 0) is 52.5 Å². The highest BCUT2D eigenvalue weighted by Crippen LogP contribution is 2.23. The largest absolute Gasteiger partial charge is 0.396 e. The van der Waals surface area contributed by atoms with Crippen LogP contribution in [0.3, 0.4) is 0 Å². The molecule has 0 bridgehead atoms. The van der Waals surface area contributed by atoms with Crippen molar-refractivity contribution in [3.63, 3.8) is 0 Å². The first-order chi connectivity index (χ1) is 8.06. The minimum atomic E-state index is 0.805. The fourth-order valence-electron chi connectivity index (χ4n) is 1.80. The van der Waals surface area contributed by atoms with E-state index in [1.54, 1.807) is 0 Å². The highest BCUT2D eigenvalue weighted by atomic mass is 15.2. The van der Waals surface area contributed by atoms with E-state index in [9.17, 15) is 0 Å². The Morgan fingerprint density at radius 2 is 2.00 bits per heavy atom. The van der Waals surface area contributed by atoms with Gasteiger partial charge >= 0.3 is 0 Å². The van der Waals surface area contributed by atoms with Crippen molar-refractivity contribution in [3.8, 4) is 0 Å². The summed E-state index contributed by atoms with van der Waals surface area (Å²) in [4.78, 5) is 8.83. The number of anilines is 2. The Labute approximate surface area is 104 Å². The SMILES string of the molecule is CCN(CCCN(C)C)c1nccc(C)c1N. The Morgan fingerprint density at radius 3 is 2.59 bits per heavy atom. The van der Waals surface area contributed by atoms with Crippen molar-refractivity contribution in [2.45, 2.75) is 20.3 Å². The molecule has 1 heterocycles. The van der Waals surface area contributed by atoms with Gasteiger partial charge in [0.2, 0.25) is 0 Å². The maximum Gasteiger partial charge on any atom is 0.152 e. The summed E-state index contributed by atoms with van der Waals surface area (Å²) < 4.78 is 0. The highest BCUT2D eigenvalue weighted by Gasteiger charge is 2.10. The molecule has 0 radical (unpaired) electrons. The Balaban J connectivity index is 2.69. The van der Waals surface area contributed by atoms with Crippen LogP contribution in [-0.4, -0.2) is 43.6 Å². The molecule has 0 saturated carbocycles. The van der Waals surface area contributed by atoms with Crippen LogP contribution < -0.4 is 10.6 Å². The lowest BCUT2D eigenvalue weighted by Gasteiger charge is -2.24. The predicted molar refractivity (Wildman–Crippen MR) is 74.4 cm³/mol. The summed E-state index contributed by atoms with van der Waals surface area (Å²) in [6, 6.07) is 1.95. The number of hydrogen-bond acceptors (Lipinski definition) is 4. The molecule has 1 rings (SSSR count). The van der Waals surface area contributed by atoms with Gasteiger partial charge in [-0.3, -0.25) is 0 Å². The number of nitrogen functional groups attached to an aromatic ring is 1. The highest BCUT2D eigenvalue weighted by molar-refractivity contribution is 5.66. The average Bonchev–Trinajstić information content (AvgIpc) is 2.28. The van der Waals surface area contributed by atoms with Crippen LogP contribution in [0.2, 0.25) is 0 Å². The van der Waals surface area contributed by atoms with Crippen LogP contribution in [0.1, 0.15) is 18.9 Å². The van der Waals surface area contributed by atoms with E-state index < -0.39 is 0 Å². The van der Waals surface area contributed by atoms with Gasteiger partial charge in [-0.2, -0.15) is 0 Å². The Bertz CT molecular complexity index is 349. The summed E-state index contributed by atoms with van der Waals surface area (Å²) in [7, 11) is 4.19. The molecular formula is C13H24N4. The second-order valence-electron chi connectivity index (χ2n) is 4.60. The van der Waals surface area contributed by atoms with Gasteiger partial charge in [-0.25, -0.2) is 4.98 Å². The Morgan fingerprint density at radius 1 is 1.29 bits per heavy atom. The number of pyridine rings is 1. The van der Waals surface area contributed by atoms with E-state index in [-0.39, 0.29) is 0 Å². The first kappa shape index (κ1) is 13.8. The van der Waals surface area contributed by atoms with Crippen molar-refractivity contribution in [2.24, 2.45) is 0 Å². The monoisotopic (exact) mass is 236 g/mol. The molecule has 0 fully saturated rings. The molecule has 96 valence electrons. The predicted octanol–water partition coefficient (Wildman–Crippen LogP) is 1.75. The molecule has 0 amide bonds. The minimum absolute atomic E-state index is 0.805. The average molecular weight is 236 g/mol. The van der Waals surface area contributed by atoms with E-state index in [2.05, 4.69) is 35.8 Å². The number of hydrogen-bond donors (Lipinski definition) is 1. The number of aromatic nitrogens is 1. The fourth-order valence-corrected chi connectivity index (χ4v) is 1.80. The van der Waals surface area contributed by atoms with Gasteiger partial charge in [0.15, 0.2) is 5.82 Å². The first-order valence-electron chi connectivity index (χ1n) is 6.17. The molecule has 0 aliphatic carbocycles. The molecule has 17 heavy (non-hydrogen) atoms. The summed E-state index contributed by atoms with van der Waals surface area (Å²) >= 11 is 0. The van der Waals surface area contributed by atoms with E-state index in [1.807, 2.05) is 19.2 Å². The Hall–Kier alpha value is -1.29. The van der Waals surface area contributed by atoms with Gasteiger partial charge in [-0.15, -0.1) is 0 Å². The summed E-state index contributed by atoms with van der Waals surface area (Å²) in [5.41, 5.74) is 7.98. The lowest BCUT2D eigenvalue weighted by molar-refractivity contribution is 0.400. The van der Waals surface area contributed by atoms with Crippen molar-refractivity contribution in [2.75, 3.05) is 44.4 Å². The molecule has 1 aromatic rings. The van der Waals surface area contributed by atoms with Gasteiger partial charge in [0.1, 0.15) is 0 Å². The number of rotatable bonds is 6. The van der Waals surface area contributed by atoms with E-state index >= 15 is 0 Å². The lowest BCUT2D eigenvalue weighted by Crippen LogP contribution is -2.28. The van der Waals surface area contributed by atoms with Crippen LogP contribution in [0, 0.1) is 6.92 Å². The summed E-state index contributed by atoms with van der Waals surface area (Å²) in [5, 5.41) is 0. The normalized spacial score (nSPS) is 10.9. The van der Waals surface area contributed by atoms with Gasteiger partial charge in [0.25, 0.3) is 0 Å². The molecule has 0 aliphatic rings. The van der Waals surface area contributed by atoms with Crippen LogP contribution in [0.4, 0.5) is 11.5 Å². The quantitative estimate of drug-likeness (QED) is 0.817. The number of nitrogens with two attached hydrogens (primary N) is 1. The van der Waals surface area contributed by atoms with Gasteiger partial charge in [0, 0.05) is 19.3 Å². The molecule has 0 saturated heterocycles. The maximum atomic E-state index is 6.08. The van der Waals surface area contributed by atoms with Gasteiger partial charge in [-0.1, -0.05) is 0 Å². The van der Waals surface area contributed by atoms with Crippen molar-refractivity contribution in [1.82, 2.24) is 9.88 Å². The smallest absolute Gasteiger partial charge is 0.152 e. The first-order valence-corrected chi connectivity index (χ1v) is 6.17. The van der Waals surface area contributed by atoms with Crippen molar-refractivity contribution in [1.29, 1.82) is 0 Å². The second kappa shape index (κ2) is 6.45. The molecule has 0 unspecified atom stereocenters. The maximum absolute atomic E-state index is 6.08. The molecule has 0 spiro atoms. The molecule has 2 N–H and O–H groups in total. The van der Waals surface area contributed by atoms with Crippen molar-refractivity contribution < 1.29 is 0 Å². The third kappa shape index (κ3) is 3.89. The van der Waals surface area contributed by atoms with Crippen LogP contribution in [-0.2, 0) is 0 Å².